The molecule has 124 valence electrons. The number of carbonyl (C=O) groups excluding carboxylic acids is 1. The Labute approximate surface area is 135 Å². The van der Waals surface area contributed by atoms with Gasteiger partial charge >= 0.3 is 5.97 Å². The van der Waals surface area contributed by atoms with Crippen molar-refractivity contribution in [2.45, 2.75) is 0 Å². The predicted molar refractivity (Wildman–Crippen MR) is 82.5 cm³/mol. The van der Waals surface area contributed by atoms with Gasteiger partial charge in [0.15, 0.2) is 11.5 Å². The van der Waals surface area contributed by atoms with Crippen LogP contribution in [0.15, 0.2) is 17.7 Å². The molecule has 1 rings (SSSR count). The molecule has 1 aromatic rings. The first-order valence-corrected chi connectivity index (χ1v) is 6.69. The van der Waals surface area contributed by atoms with Crippen molar-refractivity contribution in [1.29, 1.82) is 5.26 Å². The summed E-state index contributed by atoms with van der Waals surface area (Å²) in [5, 5.41) is 9.16. The summed E-state index contributed by atoms with van der Waals surface area (Å²) in [7, 11) is 5.92. The summed E-state index contributed by atoms with van der Waals surface area (Å²) in [6.07, 6.45) is 1.37. The van der Waals surface area contributed by atoms with E-state index in [4.69, 9.17) is 28.9 Å². The standard InChI is InChI=1S/C16H19NO6/c1-19-7-8-23-16(18)12(10-17)9-11-5-6-13(20-2)15(22-4)14(11)21-3/h5-6,9H,7-8H2,1-4H3. The van der Waals surface area contributed by atoms with E-state index >= 15 is 0 Å². The molecule has 0 aliphatic rings. The van der Waals surface area contributed by atoms with Crippen LogP contribution in [0.3, 0.4) is 0 Å². The van der Waals surface area contributed by atoms with Gasteiger partial charge in [0, 0.05) is 12.7 Å². The van der Waals surface area contributed by atoms with Crippen LogP contribution in [0.4, 0.5) is 0 Å². The Hall–Kier alpha value is -2.72. The zero-order valence-corrected chi connectivity index (χ0v) is 13.5. The zero-order valence-electron chi connectivity index (χ0n) is 13.5. The Bertz CT molecular complexity index is 618. The van der Waals surface area contributed by atoms with Crippen molar-refractivity contribution >= 4 is 12.0 Å². The highest BCUT2D eigenvalue weighted by atomic mass is 16.6. The molecule has 0 spiro atoms. The van der Waals surface area contributed by atoms with Gasteiger partial charge in [0.25, 0.3) is 0 Å². The number of hydrogen-bond donors (Lipinski definition) is 0. The van der Waals surface area contributed by atoms with E-state index in [0.29, 0.717) is 22.8 Å². The Morgan fingerprint density at radius 2 is 1.78 bits per heavy atom. The molecule has 7 heteroatoms. The minimum Gasteiger partial charge on any atom is -0.493 e. The van der Waals surface area contributed by atoms with E-state index in [9.17, 15) is 4.79 Å². The van der Waals surface area contributed by atoms with Gasteiger partial charge in [0.2, 0.25) is 5.75 Å². The highest BCUT2D eigenvalue weighted by molar-refractivity contribution is 5.98. The molecule has 0 heterocycles. The number of carbonyl (C=O) groups is 1. The summed E-state index contributed by atoms with van der Waals surface area (Å²) in [5.74, 6) is 0.460. The third kappa shape index (κ3) is 4.63. The number of methoxy groups -OCH3 is 4. The molecule has 0 bridgehead atoms. The fourth-order valence-corrected chi connectivity index (χ4v) is 1.83. The molecular formula is C16H19NO6. The molecule has 23 heavy (non-hydrogen) atoms. The number of hydrogen-bond acceptors (Lipinski definition) is 7. The molecule has 0 atom stereocenters. The van der Waals surface area contributed by atoms with Crippen molar-refractivity contribution in [3.63, 3.8) is 0 Å². The van der Waals surface area contributed by atoms with Crippen molar-refractivity contribution in [2.75, 3.05) is 41.7 Å². The zero-order chi connectivity index (χ0) is 17.2. The monoisotopic (exact) mass is 321 g/mol. The van der Waals surface area contributed by atoms with Crippen molar-refractivity contribution in [3.05, 3.63) is 23.3 Å². The molecular weight excluding hydrogens is 302 g/mol. The number of benzene rings is 1. The second kappa shape index (κ2) is 9.33. The summed E-state index contributed by atoms with van der Waals surface area (Å²) < 4.78 is 25.5. The lowest BCUT2D eigenvalue weighted by molar-refractivity contribution is -0.139. The Morgan fingerprint density at radius 1 is 1.09 bits per heavy atom. The van der Waals surface area contributed by atoms with Crippen molar-refractivity contribution < 1.29 is 28.5 Å². The SMILES string of the molecule is COCCOC(=O)C(C#N)=Cc1ccc(OC)c(OC)c1OC. The van der Waals surface area contributed by atoms with Gasteiger partial charge in [-0.3, -0.25) is 0 Å². The van der Waals surface area contributed by atoms with Gasteiger partial charge in [-0.25, -0.2) is 4.79 Å². The fraction of sp³-hybridized carbons (Fsp3) is 0.375. The van der Waals surface area contributed by atoms with Crippen molar-refractivity contribution in [3.8, 4) is 23.3 Å². The number of esters is 1. The maximum atomic E-state index is 11.9. The van der Waals surface area contributed by atoms with E-state index in [1.807, 2.05) is 6.07 Å². The van der Waals surface area contributed by atoms with E-state index in [-0.39, 0.29) is 18.8 Å². The summed E-state index contributed by atoms with van der Waals surface area (Å²) in [6.45, 7) is 0.321. The summed E-state index contributed by atoms with van der Waals surface area (Å²) >= 11 is 0. The summed E-state index contributed by atoms with van der Waals surface area (Å²) in [6, 6.07) is 5.12. The third-order valence-corrected chi connectivity index (χ3v) is 2.90. The lowest BCUT2D eigenvalue weighted by atomic mass is 10.1. The normalized spacial score (nSPS) is 10.7. The average molecular weight is 321 g/mol. The Balaban J connectivity index is 3.18. The minimum atomic E-state index is -0.735. The molecule has 0 fully saturated rings. The lowest BCUT2D eigenvalue weighted by Gasteiger charge is -2.14. The second-order valence-corrected chi connectivity index (χ2v) is 4.22. The number of nitriles is 1. The minimum absolute atomic E-state index is 0.0669. The van der Waals surface area contributed by atoms with Crippen LogP contribution in [0.25, 0.3) is 6.08 Å². The molecule has 0 amide bonds. The molecule has 1 aromatic carbocycles. The van der Waals surface area contributed by atoms with E-state index in [1.54, 1.807) is 12.1 Å². The first kappa shape index (κ1) is 18.3. The molecule has 0 saturated heterocycles. The van der Waals surface area contributed by atoms with Crippen LogP contribution >= 0.6 is 0 Å². The van der Waals surface area contributed by atoms with Gasteiger partial charge in [0.1, 0.15) is 18.2 Å². The van der Waals surface area contributed by atoms with Gasteiger partial charge in [-0.15, -0.1) is 0 Å². The number of ether oxygens (including phenoxy) is 5. The Morgan fingerprint density at radius 3 is 2.30 bits per heavy atom. The van der Waals surface area contributed by atoms with Gasteiger partial charge < -0.3 is 23.7 Å². The van der Waals surface area contributed by atoms with Gasteiger partial charge in [0.05, 0.1) is 27.9 Å². The molecule has 0 aliphatic heterocycles. The highest BCUT2D eigenvalue weighted by Gasteiger charge is 2.17. The highest BCUT2D eigenvalue weighted by Crippen LogP contribution is 2.40. The number of rotatable bonds is 8. The number of nitrogens with zero attached hydrogens (tertiary/aromatic N) is 1. The quantitative estimate of drug-likeness (QED) is 0.312. The van der Waals surface area contributed by atoms with Crippen molar-refractivity contribution in [1.82, 2.24) is 0 Å². The first-order valence-electron chi connectivity index (χ1n) is 6.69. The van der Waals surface area contributed by atoms with Crippen LogP contribution in [-0.4, -0.2) is 47.6 Å². The van der Waals surface area contributed by atoms with Gasteiger partial charge in [-0.1, -0.05) is 0 Å². The van der Waals surface area contributed by atoms with Gasteiger partial charge in [-0.05, 0) is 18.2 Å². The van der Waals surface area contributed by atoms with Crippen LogP contribution in [0.1, 0.15) is 5.56 Å². The first-order chi connectivity index (χ1) is 11.1. The van der Waals surface area contributed by atoms with Crippen LogP contribution in [0.5, 0.6) is 17.2 Å². The van der Waals surface area contributed by atoms with Crippen LogP contribution in [0.2, 0.25) is 0 Å². The fourth-order valence-electron chi connectivity index (χ4n) is 1.83. The smallest absolute Gasteiger partial charge is 0.348 e. The molecule has 0 aliphatic carbocycles. The van der Waals surface area contributed by atoms with E-state index in [0.717, 1.165) is 0 Å². The lowest BCUT2D eigenvalue weighted by Crippen LogP contribution is -2.11. The predicted octanol–water partition coefficient (Wildman–Crippen LogP) is 1.81. The molecule has 0 radical (unpaired) electrons. The van der Waals surface area contributed by atoms with E-state index < -0.39 is 5.97 Å². The second-order valence-electron chi connectivity index (χ2n) is 4.22. The molecule has 7 nitrogen and oxygen atoms in total. The summed E-state index contributed by atoms with van der Waals surface area (Å²) in [5.41, 5.74) is 0.331. The van der Waals surface area contributed by atoms with Crippen LogP contribution < -0.4 is 14.2 Å². The molecule has 0 aromatic heterocycles. The third-order valence-electron chi connectivity index (χ3n) is 2.90. The van der Waals surface area contributed by atoms with Gasteiger partial charge in [-0.2, -0.15) is 5.26 Å². The average Bonchev–Trinajstić information content (AvgIpc) is 2.58. The van der Waals surface area contributed by atoms with E-state index in [2.05, 4.69) is 0 Å². The van der Waals surface area contributed by atoms with Crippen LogP contribution in [-0.2, 0) is 14.3 Å². The topological polar surface area (TPSA) is 87.0 Å². The molecule has 0 N–H and O–H groups in total. The largest absolute Gasteiger partial charge is 0.493 e. The maximum absolute atomic E-state index is 11.9. The van der Waals surface area contributed by atoms with Crippen LogP contribution in [0, 0.1) is 11.3 Å². The van der Waals surface area contributed by atoms with E-state index in [1.165, 1.54) is 34.5 Å². The molecule has 0 saturated carbocycles. The van der Waals surface area contributed by atoms with Crippen molar-refractivity contribution in [2.24, 2.45) is 0 Å². The Kier molecular flexibility index (Phi) is 7.43. The summed E-state index contributed by atoms with van der Waals surface area (Å²) in [4.78, 5) is 11.9. The maximum Gasteiger partial charge on any atom is 0.348 e. The molecule has 0 unspecified atom stereocenters.